The first-order valence-electron chi connectivity index (χ1n) is 11.1. The number of rotatable bonds is 5. The standard InChI is InChI=1S/C23H27F3N4O4S/c1-12(2)20-18-8-14-7-15(11-31)19(35(4,33)34)9-17(14)29(18)5-6-30(20)22-27-10-16(13(3)32)21(28-22)23(24,25)26/h7-10,12-13,20,31-32H,5-6,11H2,1-4H3/t13-,20+/m0/s1. The lowest BCUT2D eigenvalue weighted by atomic mass is 9.97. The molecule has 0 unspecified atom stereocenters. The van der Waals surface area contributed by atoms with E-state index in [1.165, 1.54) is 6.92 Å². The molecule has 3 heterocycles. The van der Waals surface area contributed by atoms with Gasteiger partial charge in [-0.25, -0.2) is 18.4 Å². The maximum atomic E-state index is 13.7. The van der Waals surface area contributed by atoms with E-state index in [1.54, 1.807) is 17.0 Å². The Hall–Kier alpha value is -2.70. The Balaban J connectivity index is 1.88. The van der Waals surface area contributed by atoms with Crippen LogP contribution in [0.4, 0.5) is 19.1 Å². The number of sulfone groups is 1. The molecule has 2 atom stereocenters. The van der Waals surface area contributed by atoms with Crippen LogP contribution >= 0.6 is 0 Å². The molecule has 0 radical (unpaired) electrons. The van der Waals surface area contributed by atoms with Crippen LogP contribution in [0, 0.1) is 5.92 Å². The molecule has 0 amide bonds. The number of anilines is 1. The fraction of sp³-hybridized carbons (Fsp3) is 0.478. The van der Waals surface area contributed by atoms with Gasteiger partial charge in [-0.15, -0.1) is 0 Å². The van der Waals surface area contributed by atoms with Crippen LogP contribution in [0.15, 0.2) is 29.3 Å². The predicted molar refractivity (Wildman–Crippen MR) is 124 cm³/mol. The molecule has 8 nitrogen and oxygen atoms in total. The lowest BCUT2D eigenvalue weighted by molar-refractivity contribution is -0.142. The fourth-order valence-corrected chi connectivity index (χ4v) is 5.73. The average Bonchev–Trinajstić information content (AvgIpc) is 3.13. The Morgan fingerprint density at radius 2 is 1.86 bits per heavy atom. The molecule has 1 aliphatic heterocycles. The molecule has 1 aliphatic rings. The van der Waals surface area contributed by atoms with Gasteiger partial charge < -0.3 is 19.7 Å². The summed E-state index contributed by atoms with van der Waals surface area (Å²) in [5.74, 6) is -0.149. The molecule has 35 heavy (non-hydrogen) atoms. The fourth-order valence-electron chi connectivity index (χ4n) is 4.81. The van der Waals surface area contributed by atoms with E-state index in [4.69, 9.17) is 0 Å². The van der Waals surface area contributed by atoms with Gasteiger partial charge in [-0.3, -0.25) is 0 Å². The minimum Gasteiger partial charge on any atom is -0.392 e. The van der Waals surface area contributed by atoms with Gasteiger partial charge in [0.15, 0.2) is 15.5 Å². The third kappa shape index (κ3) is 4.50. The molecule has 0 bridgehead atoms. The van der Waals surface area contributed by atoms with Gasteiger partial charge in [0.2, 0.25) is 5.95 Å². The summed E-state index contributed by atoms with van der Waals surface area (Å²) in [5.41, 5.74) is 0.180. The number of alkyl halides is 3. The first kappa shape index (κ1) is 25.4. The summed E-state index contributed by atoms with van der Waals surface area (Å²) in [6.07, 6.45) is -4.04. The number of benzene rings is 1. The Kier molecular flexibility index (Phi) is 6.35. The largest absolute Gasteiger partial charge is 0.433 e. The third-order valence-corrected chi connectivity index (χ3v) is 7.48. The van der Waals surface area contributed by atoms with Gasteiger partial charge in [0, 0.05) is 47.7 Å². The van der Waals surface area contributed by atoms with Crippen LogP contribution < -0.4 is 4.90 Å². The maximum Gasteiger partial charge on any atom is 0.433 e. The van der Waals surface area contributed by atoms with Crippen LogP contribution in [0.1, 0.15) is 55.4 Å². The second-order valence-electron chi connectivity index (χ2n) is 9.20. The molecule has 0 spiro atoms. The van der Waals surface area contributed by atoms with Crippen molar-refractivity contribution in [2.24, 2.45) is 5.92 Å². The summed E-state index contributed by atoms with van der Waals surface area (Å²) in [6.45, 7) is 5.31. The lowest BCUT2D eigenvalue weighted by Gasteiger charge is -2.39. The van der Waals surface area contributed by atoms with Crippen molar-refractivity contribution in [2.75, 3.05) is 17.7 Å². The molecular formula is C23H27F3N4O4S. The van der Waals surface area contributed by atoms with Crippen LogP contribution in [0.2, 0.25) is 0 Å². The highest BCUT2D eigenvalue weighted by Crippen LogP contribution is 2.40. The second kappa shape index (κ2) is 8.75. The highest BCUT2D eigenvalue weighted by atomic mass is 32.2. The minimum atomic E-state index is -4.76. The summed E-state index contributed by atoms with van der Waals surface area (Å²) >= 11 is 0. The molecule has 3 aromatic rings. The zero-order valence-corrected chi connectivity index (χ0v) is 20.5. The Morgan fingerprint density at radius 3 is 2.40 bits per heavy atom. The van der Waals surface area contributed by atoms with Crippen LogP contribution in [-0.2, 0) is 29.2 Å². The van der Waals surface area contributed by atoms with Crippen LogP contribution in [0.5, 0.6) is 0 Å². The number of fused-ring (bicyclic) bond motifs is 3. The molecule has 190 valence electrons. The van der Waals surface area contributed by atoms with Crippen molar-refractivity contribution in [3.8, 4) is 0 Å². The van der Waals surface area contributed by atoms with E-state index in [-0.39, 0.29) is 22.3 Å². The molecule has 0 fully saturated rings. The molecule has 2 N–H and O–H groups in total. The molecule has 0 saturated heterocycles. The van der Waals surface area contributed by atoms with Crippen molar-refractivity contribution in [3.05, 3.63) is 46.9 Å². The third-order valence-electron chi connectivity index (χ3n) is 6.30. The van der Waals surface area contributed by atoms with E-state index in [0.717, 1.165) is 23.5 Å². The van der Waals surface area contributed by atoms with E-state index in [0.29, 0.717) is 18.6 Å². The Bertz CT molecular complexity index is 1380. The normalized spacial score (nSPS) is 17.8. The van der Waals surface area contributed by atoms with Gasteiger partial charge in [0.25, 0.3) is 0 Å². The summed E-state index contributed by atoms with van der Waals surface area (Å²) in [6, 6.07) is 4.65. The Labute approximate surface area is 201 Å². The first-order valence-corrected chi connectivity index (χ1v) is 13.0. The number of halogens is 3. The van der Waals surface area contributed by atoms with E-state index < -0.39 is 46.0 Å². The topological polar surface area (TPSA) is 109 Å². The molecule has 0 saturated carbocycles. The minimum absolute atomic E-state index is 0.0452. The van der Waals surface area contributed by atoms with Crippen molar-refractivity contribution in [3.63, 3.8) is 0 Å². The molecule has 12 heteroatoms. The Morgan fingerprint density at radius 1 is 1.17 bits per heavy atom. The van der Waals surface area contributed by atoms with E-state index in [9.17, 15) is 31.8 Å². The highest BCUT2D eigenvalue weighted by molar-refractivity contribution is 7.90. The molecule has 0 aliphatic carbocycles. The molecule has 2 aromatic heterocycles. The van der Waals surface area contributed by atoms with Gasteiger partial charge in [0.1, 0.15) is 0 Å². The average molecular weight is 513 g/mol. The quantitative estimate of drug-likeness (QED) is 0.538. The monoisotopic (exact) mass is 512 g/mol. The van der Waals surface area contributed by atoms with Crippen molar-refractivity contribution in [1.82, 2.24) is 14.5 Å². The smallest absolute Gasteiger partial charge is 0.392 e. The summed E-state index contributed by atoms with van der Waals surface area (Å²) in [5, 5.41) is 20.2. The lowest BCUT2D eigenvalue weighted by Crippen LogP contribution is -2.41. The van der Waals surface area contributed by atoms with Gasteiger partial charge in [0.05, 0.1) is 23.6 Å². The van der Waals surface area contributed by atoms with Crippen molar-refractivity contribution < 1.29 is 31.8 Å². The van der Waals surface area contributed by atoms with Gasteiger partial charge in [-0.05, 0) is 36.6 Å². The first-order chi connectivity index (χ1) is 16.2. The van der Waals surface area contributed by atoms with E-state index in [2.05, 4.69) is 9.97 Å². The molecule has 4 rings (SSSR count). The number of aliphatic hydroxyl groups excluding tert-OH is 2. The number of hydrogen-bond donors (Lipinski definition) is 2. The zero-order chi connectivity index (χ0) is 25.9. The van der Waals surface area contributed by atoms with Crippen molar-refractivity contribution in [1.29, 1.82) is 0 Å². The molecular weight excluding hydrogens is 485 g/mol. The summed E-state index contributed by atoms with van der Waals surface area (Å²) in [4.78, 5) is 9.75. The van der Waals surface area contributed by atoms with Crippen LogP contribution in [0.3, 0.4) is 0 Å². The van der Waals surface area contributed by atoms with Gasteiger partial charge in [-0.2, -0.15) is 13.2 Å². The number of aromatic nitrogens is 3. The number of aliphatic hydroxyl groups is 2. The highest BCUT2D eigenvalue weighted by Gasteiger charge is 2.39. The molecule has 1 aromatic carbocycles. The van der Waals surface area contributed by atoms with Crippen molar-refractivity contribution in [2.45, 2.75) is 57.1 Å². The second-order valence-corrected chi connectivity index (χ2v) is 11.2. The summed E-state index contributed by atoms with van der Waals surface area (Å²) in [7, 11) is -3.59. The summed E-state index contributed by atoms with van der Waals surface area (Å²) < 4.78 is 67.6. The SMILES string of the molecule is CC(C)[C@@H]1c2cc3cc(CO)c(S(C)(=O)=O)cc3n2CCN1c1ncc([C@H](C)O)c(C(F)(F)F)n1. The maximum absolute atomic E-state index is 13.7. The van der Waals surface area contributed by atoms with Crippen molar-refractivity contribution >= 4 is 26.7 Å². The number of nitrogens with zero attached hydrogens (tertiary/aromatic N) is 4. The van der Waals surface area contributed by atoms with Gasteiger partial charge >= 0.3 is 6.18 Å². The predicted octanol–water partition coefficient (Wildman–Crippen LogP) is 3.62. The van der Waals surface area contributed by atoms with Crippen LogP contribution in [0.25, 0.3) is 10.9 Å². The zero-order valence-electron chi connectivity index (χ0n) is 19.7. The van der Waals surface area contributed by atoms with E-state index >= 15 is 0 Å². The number of hydrogen-bond acceptors (Lipinski definition) is 7. The van der Waals surface area contributed by atoms with Crippen LogP contribution in [-0.4, -0.2) is 46.0 Å². The van der Waals surface area contributed by atoms with Gasteiger partial charge in [-0.1, -0.05) is 13.8 Å². The van der Waals surface area contributed by atoms with E-state index in [1.807, 2.05) is 24.5 Å².